The Morgan fingerprint density at radius 3 is 2.50 bits per heavy atom. The number of amides is 2. The first-order valence-electron chi connectivity index (χ1n) is 8.71. The summed E-state index contributed by atoms with van der Waals surface area (Å²) in [5, 5.41) is 4.49. The Labute approximate surface area is 174 Å². The van der Waals surface area contributed by atoms with Crippen molar-refractivity contribution >= 4 is 45.7 Å². The molecule has 9 heteroatoms. The minimum Gasteiger partial charge on any atom is -0.322 e. The first kappa shape index (κ1) is 21.3. The van der Waals surface area contributed by atoms with Crippen LogP contribution < -0.4 is 10.2 Å². The van der Waals surface area contributed by atoms with Crippen LogP contribution in [-0.2, 0) is 15.8 Å². The summed E-state index contributed by atoms with van der Waals surface area (Å²) < 4.78 is 38.3. The van der Waals surface area contributed by atoms with E-state index < -0.39 is 17.6 Å². The first-order chi connectivity index (χ1) is 14.2. The maximum absolute atomic E-state index is 12.8. The van der Waals surface area contributed by atoms with Crippen molar-refractivity contribution in [2.45, 2.75) is 13.1 Å². The fourth-order valence-electron chi connectivity index (χ4n) is 2.58. The van der Waals surface area contributed by atoms with Gasteiger partial charge in [-0.25, -0.2) is 4.98 Å². The van der Waals surface area contributed by atoms with E-state index in [1.165, 1.54) is 47.4 Å². The summed E-state index contributed by atoms with van der Waals surface area (Å²) in [6, 6.07) is 13.4. The highest BCUT2D eigenvalue weighted by molar-refractivity contribution is 7.14. The molecular weight excluding hydrogens is 415 g/mol. The van der Waals surface area contributed by atoms with Crippen molar-refractivity contribution in [3.8, 4) is 0 Å². The van der Waals surface area contributed by atoms with Crippen molar-refractivity contribution in [3.63, 3.8) is 0 Å². The van der Waals surface area contributed by atoms with Crippen LogP contribution in [0, 0.1) is 0 Å². The lowest BCUT2D eigenvalue weighted by atomic mass is 10.2. The van der Waals surface area contributed by atoms with Crippen molar-refractivity contribution < 1.29 is 22.8 Å². The van der Waals surface area contributed by atoms with Crippen LogP contribution in [-0.4, -0.2) is 16.8 Å². The summed E-state index contributed by atoms with van der Waals surface area (Å²) in [5.74, 6) is -0.816. The molecule has 30 heavy (non-hydrogen) atoms. The Hall–Kier alpha value is -3.46. The molecule has 0 bridgehead atoms. The van der Waals surface area contributed by atoms with Gasteiger partial charge in [0, 0.05) is 24.1 Å². The molecule has 0 aliphatic carbocycles. The number of thiazole rings is 1. The molecule has 154 valence electrons. The first-order valence-corrected chi connectivity index (χ1v) is 9.59. The third kappa shape index (κ3) is 5.32. The molecular formula is C21H16F3N3O2S. The second-order valence-corrected chi connectivity index (χ2v) is 6.98. The Morgan fingerprint density at radius 2 is 1.83 bits per heavy atom. The molecule has 0 spiro atoms. The number of anilines is 3. The van der Waals surface area contributed by atoms with Gasteiger partial charge < -0.3 is 5.32 Å². The predicted octanol–water partition coefficient (Wildman–Crippen LogP) is 5.50. The summed E-state index contributed by atoms with van der Waals surface area (Å²) in [4.78, 5) is 29.9. The fourth-order valence-corrected chi connectivity index (χ4v) is 3.43. The van der Waals surface area contributed by atoms with Crippen LogP contribution in [0.3, 0.4) is 0 Å². The number of carbonyl (C=O) groups excluding carboxylic acids is 2. The summed E-state index contributed by atoms with van der Waals surface area (Å²) in [7, 11) is 0. The van der Waals surface area contributed by atoms with Crippen LogP contribution in [0.4, 0.5) is 29.7 Å². The van der Waals surface area contributed by atoms with Gasteiger partial charge in [0.05, 0.1) is 16.9 Å². The molecule has 0 saturated heterocycles. The van der Waals surface area contributed by atoms with Crippen molar-refractivity contribution in [2.24, 2.45) is 0 Å². The fraction of sp³-hybridized carbons (Fsp3) is 0.0952. The molecule has 2 amide bonds. The number of rotatable bonds is 5. The normalized spacial score (nSPS) is 11.5. The standard InChI is InChI=1S/C21H16F3N3O2S/c1-14(28)27(18-8-3-2-4-9-18)20-26-17(13-30-20)10-11-19(29)25-16-7-5-6-15(12-16)21(22,23)24/h2-13H,1H3,(H,25,29). The molecule has 0 unspecified atom stereocenters. The summed E-state index contributed by atoms with van der Waals surface area (Å²) in [5.41, 5.74) is 0.289. The number of hydrogen-bond donors (Lipinski definition) is 1. The third-order valence-corrected chi connectivity index (χ3v) is 4.74. The van der Waals surface area contributed by atoms with Gasteiger partial charge in [0.2, 0.25) is 11.8 Å². The van der Waals surface area contributed by atoms with E-state index in [1.54, 1.807) is 29.6 Å². The minimum absolute atomic E-state index is 0.0327. The van der Waals surface area contributed by atoms with Gasteiger partial charge in [0.1, 0.15) is 0 Å². The number of para-hydroxylation sites is 1. The Morgan fingerprint density at radius 1 is 1.10 bits per heavy atom. The zero-order valence-corrected chi connectivity index (χ0v) is 16.5. The van der Waals surface area contributed by atoms with Gasteiger partial charge in [-0.1, -0.05) is 24.3 Å². The quantitative estimate of drug-likeness (QED) is 0.543. The molecule has 3 rings (SSSR count). The third-order valence-electron chi connectivity index (χ3n) is 3.89. The van der Waals surface area contributed by atoms with E-state index >= 15 is 0 Å². The lowest BCUT2D eigenvalue weighted by Crippen LogP contribution is -2.22. The topological polar surface area (TPSA) is 62.3 Å². The van der Waals surface area contributed by atoms with Gasteiger partial charge in [-0.3, -0.25) is 14.5 Å². The number of hydrogen-bond acceptors (Lipinski definition) is 4. The van der Waals surface area contributed by atoms with Crippen molar-refractivity contribution in [1.82, 2.24) is 4.98 Å². The lowest BCUT2D eigenvalue weighted by Gasteiger charge is -2.17. The van der Waals surface area contributed by atoms with Crippen LogP contribution in [0.25, 0.3) is 6.08 Å². The maximum Gasteiger partial charge on any atom is 0.416 e. The molecule has 1 aromatic heterocycles. The monoisotopic (exact) mass is 431 g/mol. The van der Waals surface area contributed by atoms with Crippen LogP contribution in [0.2, 0.25) is 0 Å². The smallest absolute Gasteiger partial charge is 0.322 e. The molecule has 0 saturated carbocycles. The second-order valence-electron chi connectivity index (χ2n) is 6.15. The summed E-state index contributed by atoms with van der Waals surface area (Å²) in [6.45, 7) is 1.42. The molecule has 2 aromatic carbocycles. The summed E-state index contributed by atoms with van der Waals surface area (Å²) >= 11 is 1.23. The van der Waals surface area contributed by atoms with Crippen LogP contribution >= 0.6 is 11.3 Å². The molecule has 0 radical (unpaired) electrons. The molecule has 3 aromatic rings. The highest BCUT2D eigenvalue weighted by atomic mass is 32.1. The number of aromatic nitrogens is 1. The van der Waals surface area contributed by atoms with Crippen LogP contribution in [0.1, 0.15) is 18.2 Å². The summed E-state index contributed by atoms with van der Waals surface area (Å²) in [6.07, 6.45) is -1.90. The van der Waals surface area contributed by atoms with Crippen molar-refractivity contribution in [3.05, 3.63) is 77.3 Å². The molecule has 5 nitrogen and oxygen atoms in total. The zero-order chi connectivity index (χ0) is 21.7. The number of benzene rings is 2. The van der Waals surface area contributed by atoms with E-state index in [0.717, 1.165) is 12.1 Å². The van der Waals surface area contributed by atoms with Gasteiger partial charge in [-0.2, -0.15) is 13.2 Å². The number of nitrogens with one attached hydrogen (secondary N) is 1. The Kier molecular flexibility index (Phi) is 6.31. The van der Waals surface area contributed by atoms with Gasteiger partial charge in [-0.15, -0.1) is 11.3 Å². The lowest BCUT2D eigenvalue weighted by molar-refractivity contribution is -0.137. The maximum atomic E-state index is 12.8. The van der Waals surface area contributed by atoms with Crippen molar-refractivity contribution in [1.29, 1.82) is 0 Å². The van der Waals surface area contributed by atoms with Gasteiger partial charge in [0.15, 0.2) is 5.13 Å². The van der Waals surface area contributed by atoms with E-state index in [4.69, 9.17) is 0 Å². The Balaban J connectivity index is 1.71. The van der Waals surface area contributed by atoms with Gasteiger partial charge >= 0.3 is 6.18 Å². The van der Waals surface area contributed by atoms with E-state index in [2.05, 4.69) is 10.3 Å². The van der Waals surface area contributed by atoms with E-state index in [1.807, 2.05) is 6.07 Å². The van der Waals surface area contributed by atoms with Gasteiger partial charge in [0.25, 0.3) is 0 Å². The SMILES string of the molecule is CC(=O)N(c1ccccc1)c1nc(C=CC(=O)Nc2cccc(C(F)(F)F)c2)cs1. The van der Waals surface area contributed by atoms with Crippen LogP contribution in [0.15, 0.2) is 66.1 Å². The van der Waals surface area contributed by atoms with Crippen LogP contribution in [0.5, 0.6) is 0 Å². The van der Waals surface area contributed by atoms with E-state index in [-0.39, 0.29) is 11.6 Å². The molecule has 1 N–H and O–H groups in total. The molecule has 1 heterocycles. The molecule has 0 atom stereocenters. The molecule has 0 aliphatic heterocycles. The highest BCUT2D eigenvalue weighted by Gasteiger charge is 2.30. The Bertz CT molecular complexity index is 1080. The number of halogens is 3. The largest absolute Gasteiger partial charge is 0.416 e. The zero-order valence-electron chi connectivity index (χ0n) is 15.7. The van der Waals surface area contributed by atoms with E-state index in [0.29, 0.717) is 16.5 Å². The number of alkyl halides is 3. The highest BCUT2D eigenvalue weighted by Crippen LogP contribution is 2.31. The molecule has 0 fully saturated rings. The second kappa shape index (κ2) is 8.91. The van der Waals surface area contributed by atoms with Gasteiger partial charge in [-0.05, 0) is 36.4 Å². The van der Waals surface area contributed by atoms with E-state index in [9.17, 15) is 22.8 Å². The minimum atomic E-state index is -4.49. The predicted molar refractivity (Wildman–Crippen MR) is 110 cm³/mol. The molecule has 0 aliphatic rings. The average Bonchev–Trinajstić information content (AvgIpc) is 3.15. The number of carbonyl (C=O) groups is 2. The number of nitrogens with zero attached hydrogens (tertiary/aromatic N) is 2. The average molecular weight is 431 g/mol. The van der Waals surface area contributed by atoms with Crippen molar-refractivity contribution in [2.75, 3.05) is 10.2 Å².